The zero-order chi connectivity index (χ0) is 21.6. The summed E-state index contributed by atoms with van der Waals surface area (Å²) in [6.07, 6.45) is 1.39. The predicted octanol–water partition coefficient (Wildman–Crippen LogP) is 3.70. The lowest BCUT2D eigenvalue weighted by atomic mass is 10.1. The summed E-state index contributed by atoms with van der Waals surface area (Å²) < 4.78 is 31.7. The summed E-state index contributed by atoms with van der Waals surface area (Å²) in [5.41, 5.74) is 2.46. The van der Waals surface area contributed by atoms with Crippen LogP contribution in [0, 0.1) is 13.8 Å². The van der Waals surface area contributed by atoms with Gasteiger partial charge in [0.2, 0.25) is 15.9 Å². The summed E-state index contributed by atoms with van der Waals surface area (Å²) in [6.45, 7) is 6.24. The zero-order valence-electron chi connectivity index (χ0n) is 17.1. The molecule has 0 radical (unpaired) electrons. The van der Waals surface area contributed by atoms with Crippen molar-refractivity contribution in [1.82, 2.24) is 5.32 Å². The second-order valence-electron chi connectivity index (χ2n) is 6.87. The minimum atomic E-state index is -3.69. The summed E-state index contributed by atoms with van der Waals surface area (Å²) in [4.78, 5) is 12.7. The van der Waals surface area contributed by atoms with E-state index in [9.17, 15) is 13.2 Å². The van der Waals surface area contributed by atoms with E-state index in [1.54, 1.807) is 25.1 Å². The molecule has 0 unspecified atom stereocenters. The second kappa shape index (κ2) is 9.98. The molecule has 0 bridgehead atoms. The van der Waals surface area contributed by atoms with E-state index in [-0.39, 0.29) is 19.1 Å². The van der Waals surface area contributed by atoms with Crippen LogP contribution in [0.3, 0.4) is 0 Å². The monoisotopic (exact) mass is 438 g/mol. The molecule has 2 aromatic rings. The number of aryl methyl sites for hydroxylation is 2. The van der Waals surface area contributed by atoms with Gasteiger partial charge in [0.25, 0.3) is 0 Å². The minimum Gasteiger partial charge on any atom is -0.491 e. The minimum absolute atomic E-state index is 0.260. The van der Waals surface area contributed by atoms with Crippen molar-refractivity contribution in [3.05, 3.63) is 58.6 Å². The Hall–Kier alpha value is -2.25. The van der Waals surface area contributed by atoms with E-state index in [1.807, 2.05) is 32.0 Å². The number of amides is 1. The molecular weight excluding hydrogens is 412 g/mol. The number of carbonyl (C=O) groups excluding carboxylic acids is 1. The Kier molecular flexibility index (Phi) is 7.93. The van der Waals surface area contributed by atoms with Gasteiger partial charge >= 0.3 is 0 Å². The SMILES string of the molecule is CC[C@@H](C(=O)NCCOc1cc(C)ccc1C)N(c1cccc(Cl)c1)S(C)(=O)=O. The van der Waals surface area contributed by atoms with E-state index in [0.29, 0.717) is 17.1 Å². The molecule has 0 aliphatic heterocycles. The number of carbonyl (C=O) groups is 1. The van der Waals surface area contributed by atoms with Crippen LogP contribution in [-0.2, 0) is 14.8 Å². The molecule has 2 aromatic carbocycles. The van der Waals surface area contributed by atoms with E-state index in [0.717, 1.165) is 27.4 Å². The predicted molar refractivity (Wildman–Crippen MR) is 117 cm³/mol. The van der Waals surface area contributed by atoms with Crippen molar-refractivity contribution in [3.63, 3.8) is 0 Å². The Morgan fingerprint density at radius 1 is 1.21 bits per heavy atom. The molecule has 1 amide bonds. The van der Waals surface area contributed by atoms with Crippen LogP contribution in [0.15, 0.2) is 42.5 Å². The van der Waals surface area contributed by atoms with Gasteiger partial charge in [-0.1, -0.05) is 36.7 Å². The summed E-state index contributed by atoms with van der Waals surface area (Å²) in [7, 11) is -3.69. The highest BCUT2D eigenvalue weighted by molar-refractivity contribution is 7.92. The van der Waals surface area contributed by atoms with Crippen molar-refractivity contribution in [3.8, 4) is 5.75 Å². The van der Waals surface area contributed by atoms with Crippen LogP contribution in [0.2, 0.25) is 5.02 Å². The fraction of sp³-hybridized carbons (Fsp3) is 0.381. The number of sulfonamides is 1. The molecule has 0 aliphatic carbocycles. The smallest absolute Gasteiger partial charge is 0.244 e. The van der Waals surface area contributed by atoms with Gasteiger partial charge in [0.05, 0.1) is 18.5 Å². The third-order valence-electron chi connectivity index (χ3n) is 4.39. The summed E-state index contributed by atoms with van der Waals surface area (Å²) in [5, 5.41) is 3.17. The highest BCUT2D eigenvalue weighted by Gasteiger charge is 2.31. The van der Waals surface area contributed by atoms with Gasteiger partial charge in [-0.3, -0.25) is 9.10 Å². The number of nitrogens with one attached hydrogen (secondary N) is 1. The van der Waals surface area contributed by atoms with E-state index in [2.05, 4.69) is 5.32 Å². The first-order chi connectivity index (χ1) is 13.6. The Balaban J connectivity index is 2.06. The van der Waals surface area contributed by atoms with Crippen LogP contribution in [0.4, 0.5) is 5.69 Å². The van der Waals surface area contributed by atoms with E-state index >= 15 is 0 Å². The lowest BCUT2D eigenvalue weighted by Crippen LogP contribution is -2.50. The second-order valence-corrected chi connectivity index (χ2v) is 9.17. The third-order valence-corrected chi connectivity index (χ3v) is 5.81. The Labute approximate surface area is 177 Å². The number of anilines is 1. The van der Waals surface area contributed by atoms with Gasteiger partial charge in [-0.25, -0.2) is 8.42 Å². The van der Waals surface area contributed by atoms with Gasteiger partial charge in [-0.05, 0) is 55.7 Å². The zero-order valence-corrected chi connectivity index (χ0v) is 18.7. The van der Waals surface area contributed by atoms with Gasteiger partial charge in [-0.2, -0.15) is 0 Å². The molecular formula is C21H27ClN2O4S. The average molecular weight is 439 g/mol. The Bertz CT molecular complexity index is 963. The molecule has 1 atom stereocenters. The third kappa shape index (κ3) is 6.37. The lowest BCUT2D eigenvalue weighted by molar-refractivity contribution is -0.122. The molecule has 0 aromatic heterocycles. The first kappa shape index (κ1) is 23.0. The molecule has 29 heavy (non-hydrogen) atoms. The van der Waals surface area contributed by atoms with Crippen LogP contribution in [0.1, 0.15) is 24.5 Å². The number of ether oxygens (including phenoxy) is 1. The Morgan fingerprint density at radius 2 is 1.93 bits per heavy atom. The maximum atomic E-state index is 12.7. The topological polar surface area (TPSA) is 75.7 Å². The molecule has 1 N–H and O–H groups in total. The van der Waals surface area contributed by atoms with Crippen LogP contribution < -0.4 is 14.4 Å². The number of benzene rings is 2. The van der Waals surface area contributed by atoms with Crippen molar-refractivity contribution >= 4 is 33.2 Å². The largest absolute Gasteiger partial charge is 0.491 e. The molecule has 0 aliphatic rings. The fourth-order valence-electron chi connectivity index (χ4n) is 2.99. The van der Waals surface area contributed by atoms with Gasteiger partial charge < -0.3 is 10.1 Å². The average Bonchev–Trinajstić information content (AvgIpc) is 2.64. The molecule has 0 heterocycles. The van der Waals surface area contributed by atoms with Gasteiger partial charge in [-0.15, -0.1) is 0 Å². The number of rotatable bonds is 9. The quantitative estimate of drug-likeness (QED) is 0.606. The standard InChI is InChI=1S/C21H27ClN2O4S/c1-5-19(24(29(4,26)27)18-8-6-7-17(22)14-18)21(25)23-11-12-28-20-13-15(2)9-10-16(20)3/h6-10,13-14,19H,5,11-12H2,1-4H3,(H,23,25)/t19-/m0/s1. The summed E-state index contributed by atoms with van der Waals surface area (Å²) in [5.74, 6) is 0.380. The molecule has 6 nitrogen and oxygen atoms in total. The van der Waals surface area contributed by atoms with Crippen LogP contribution in [0.5, 0.6) is 5.75 Å². The van der Waals surface area contributed by atoms with Crippen molar-refractivity contribution in [2.45, 2.75) is 33.2 Å². The molecule has 0 spiro atoms. The van der Waals surface area contributed by atoms with Crippen LogP contribution >= 0.6 is 11.6 Å². The van der Waals surface area contributed by atoms with Crippen LogP contribution in [-0.4, -0.2) is 39.8 Å². The highest BCUT2D eigenvalue weighted by Crippen LogP contribution is 2.25. The van der Waals surface area contributed by atoms with Crippen molar-refractivity contribution in [2.75, 3.05) is 23.7 Å². The van der Waals surface area contributed by atoms with Crippen molar-refractivity contribution in [2.24, 2.45) is 0 Å². The van der Waals surface area contributed by atoms with E-state index < -0.39 is 16.1 Å². The maximum Gasteiger partial charge on any atom is 0.244 e. The molecule has 0 fully saturated rings. The van der Waals surface area contributed by atoms with E-state index in [4.69, 9.17) is 16.3 Å². The molecule has 8 heteroatoms. The summed E-state index contributed by atoms with van der Waals surface area (Å²) in [6, 6.07) is 11.5. The Morgan fingerprint density at radius 3 is 2.55 bits per heavy atom. The van der Waals surface area contributed by atoms with Gasteiger partial charge in [0.15, 0.2) is 0 Å². The molecule has 158 valence electrons. The molecule has 2 rings (SSSR count). The van der Waals surface area contributed by atoms with E-state index in [1.165, 1.54) is 6.07 Å². The molecule has 0 saturated heterocycles. The number of hydrogen-bond acceptors (Lipinski definition) is 4. The number of hydrogen-bond donors (Lipinski definition) is 1. The van der Waals surface area contributed by atoms with Crippen molar-refractivity contribution in [1.29, 1.82) is 0 Å². The normalized spacial score (nSPS) is 12.3. The maximum absolute atomic E-state index is 12.7. The lowest BCUT2D eigenvalue weighted by Gasteiger charge is -2.30. The fourth-order valence-corrected chi connectivity index (χ4v) is 4.38. The van der Waals surface area contributed by atoms with Crippen molar-refractivity contribution < 1.29 is 17.9 Å². The first-order valence-electron chi connectivity index (χ1n) is 9.36. The molecule has 0 saturated carbocycles. The number of halogens is 1. The van der Waals surface area contributed by atoms with Crippen LogP contribution in [0.25, 0.3) is 0 Å². The highest BCUT2D eigenvalue weighted by atomic mass is 35.5. The summed E-state index contributed by atoms with van der Waals surface area (Å²) >= 11 is 6.01. The van der Waals surface area contributed by atoms with Gasteiger partial charge in [0, 0.05) is 5.02 Å². The van der Waals surface area contributed by atoms with Gasteiger partial charge in [0.1, 0.15) is 18.4 Å². The number of nitrogens with zero attached hydrogens (tertiary/aromatic N) is 1. The first-order valence-corrected chi connectivity index (χ1v) is 11.6.